The van der Waals surface area contributed by atoms with E-state index < -0.39 is 31.4 Å². The van der Waals surface area contributed by atoms with Crippen molar-refractivity contribution < 1.29 is 53.5 Å². The molecule has 0 spiro atoms. The first-order chi connectivity index (χ1) is 11.2. The fourth-order valence-corrected chi connectivity index (χ4v) is 1.75. The average molecular weight is 326 g/mol. The number of carbonyl (C=O) groups excluding carboxylic acids is 2. The molecule has 0 bridgehead atoms. The molecule has 8 heteroatoms. The molecule has 0 aliphatic carbocycles. The smallest absolute Gasteiger partial charge is 0.548 e. The zero-order valence-electron chi connectivity index (χ0n) is 16.2. The van der Waals surface area contributed by atoms with Gasteiger partial charge in [0.1, 0.15) is 0 Å². The van der Waals surface area contributed by atoms with E-state index in [1.807, 2.05) is 0 Å². The molecule has 0 aromatic carbocycles. The van der Waals surface area contributed by atoms with Gasteiger partial charge in [-0.1, -0.05) is 32.1 Å². The van der Waals surface area contributed by atoms with Gasteiger partial charge in [0, 0.05) is 24.1 Å². The minimum atomic E-state index is -2.85. The number of nitrogens with zero attached hydrogens (tertiary/aromatic N) is 1. The van der Waals surface area contributed by atoms with Gasteiger partial charge < -0.3 is 19.9 Å². The summed E-state index contributed by atoms with van der Waals surface area (Å²) in [5.41, 5.74) is 0. The summed E-state index contributed by atoms with van der Waals surface area (Å²) < 4.78 is 21.5. The number of aliphatic hydroxyl groups is 1. The molecule has 0 aromatic heterocycles. The number of rotatable bonds is 11. The average Bonchev–Trinajstić information content (AvgIpc) is 2.46. The third-order valence-electron chi connectivity index (χ3n) is 2.88. The van der Waals surface area contributed by atoms with E-state index in [1.165, 1.54) is 0 Å². The van der Waals surface area contributed by atoms with Crippen LogP contribution in [0.15, 0.2) is 0 Å². The molecular formula is C14H26N3NaO4. The summed E-state index contributed by atoms with van der Waals surface area (Å²) >= 11 is 0. The number of carboxylic acids is 1. The van der Waals surface area contributed by atoms with Crippen LogP contribution in [-0.2, 0) is 9.59 Å². The molecule has 0 unspecified atom stereocenters. The zero-order valence-corrected chi connectivity index (χ0v) is 15.2. The van der Waals surface area contributed by atoms with Crippen molar-refractivity contribution in [3.8, 4) is 0 Å². The predicted molar refractivity (Wildman–Crippen MR) is 77.5 cm³/mol. The third-order valence-corrected chi connectivity index (χ3v) is 2.88. The summed E-state index contributed by atoms with van der Waals surface area (Å²) in [4.78, 5) is 22.5. The molecule has 0 heterocycles. The standard InChI is InChI=1S/C14H27N3O4.Na/c1-17(11-13(20)21)14(15)16-12(19)9-7-5-3-2-4-6-8-10-18;/h18H,2-11H2,1H3,(H,20,21)(H2,15,16,19);/q;+1/p-1/i1D3;. The normalized spacial score (nSPS) is 12.3. The number of carboxylic acid groups (broad SMARTS) is 1. The maximum Gasteiger partial charge on any atom is 1.00 e. The van der Waals surface area contributed by atoms with Gasteiger partial charge in [-0.3, -0.25) is 15.5 Å². The molecule has 0 aromatic rings. The molecule has 0 fully saturated rings. The van der Waals surface area contributed by atoms with Crippen LogP contribution in [0.1, 0.15) is 55.5 Å². The van der Waals surface area contributed by atoms with Crippen molar-refractivity contribution in [3.63, 3.8) is 0 Å². The minimum absolute atomic E-state index is 0. The first-order valence-electron chi connectivity index (χ1n) is 8.65. The van der Waals surface area contributed by atoms with Gasteiger partial charge in [-0.25, -0.2) is 0 Å². The topological polar surface area (TPSA) is 117 Å². The number of aliphatic carboxylic acids is 1. The molecule has 0 atom stereocenters. The molecule has 7 nitrogen and oxygen atoms in total. The van der Waals surface area contributed by atoms with Crippen LogP contribution in [0.3, 0.4) is 0 Å². The van der Waals surface area contributed by atoms with Crippen molar-refractivity contribution in [3.05, 3.63) is 0 Å². The summed E-state index contributed by atoms with van der Waals surface area (Å²) in [6.45, 7) is -3.64. The van der Waals surface area contributed by atoms with Crippen molar-refractivity contribution in [1.82, 2.24) is 10.2 Å². The van der Waals surface area contributed by atoms with E-state index in [4.69, 9.17) is 14.6 Å². The molecule has 0 radical (unpaired) electrons. The van der Waals surface area contributed by atoms with Crippen LogP contribution in [0.2, 0.25) is 0 Å². The largest absolute Gasteiger partial charge is 1.00 e. The summed E-state index contributed by atoms with van der Waals surface area (Å²) in [7, 11) is 0. The monoisotopic (exact) mass is 326 g/mol. The van der Waals surface area contributed by atoms with E-state index >= 15 is 0 Å². The number of hydrogen-bond donors (Lipinski definition) is 3. The van der Waals surface area contributed by atoms with Crippen LogP contribution in [0.25, 0.3) is 0 Å². The van der Waals surface area contributed by atoms with Crippen LogP contribution in [0.5, 0.6) is 0 Å². The number of unbranched alkanes of at least 4 members (excludes halogenated alkanes) is 6. The summed E-state index contributed by atoms with van der Waals surface area (Å²) in [5, 5.41) is 28.9. The molecule has 3 N–H and O–H groups in total. The fraction of sp³-hybridized carbons (Fsp3) is 0.786. The van der Waals surface area contributed by atoms with Gasteiger partial charge in [0.15, 0.2) is 5.96 Å². The quantitative estimate of drug-likeness (QED) is 0.160. The number of likely N-dealkylation sites (N-methyl/N-ethyl adjacent to an activating group) is 1. The Hall–Kier alpha value is -0.630. The Morgan fingerprint density at radius 1 is 1.18 bits per heavy atom. The van der Waals surface area contributed by atoms with Crippen molar-refractivity contribution in [2.24, 2.45) is 0 Å². The minimum Gasteiger partial charge on any atom is -0.548 e. The van der Waals surface area contributed by atoms with Crippen molar-refractivity contribution in [2.45, 2.75) is 51.4 Å². The maximum atomic E-state index is 11.7. The molecule has 1 amide bonds. The van der Waals surface area contributed by atoms with Gasteiger partial charge >= 0.3 is 29.6 Å². The second-order valence-corrected chi connectivity index (χ2v) is 4.80. The fourth-order valence-electron chi connectivity index (χ4n) is 1.75. The van der Waals surface area contributed by atoms with Crippen molar-refractivity contribution in [1.29, 1.82) is 5.41 Å². The Morgan fingerprint density at radius 2 is 1.73 bits per heavy atom. The summed E-state index contributed by atoms with van der Waals surface area (Å²) in [6, 6.07) is 0. The first-order valence-corrected chi connectivity index (χ1v) is 7.15. The first kappa shape index (κ1) is 17.7. The zero-order chi connectivity index (χ0) is 18.6. The van der Waals surface area contributed by atoms with Gasteiger partial charge in [0.05, 0.1) is 12.5 Å². The maximum absolute atomic E-state index is 11.7. The van der Waals surface area contributed by atoms with Gasteiger partial charge in [-0.15, -0.1) is 0 Å². The van der Waals surface area contributed by atoms with Crippen molar-refractivity contribution in [2.75, 3.05) is 20.1 Å². The Labute approximate surface area is 158 Å². The van der Waals surface area contributed by atoms with Crippen LogP contribution < -0.4 is 40.0 Å². The van der Waals surface area contributed by atoms with Crippen molar-refractivity contribution >= 4 is 17.8 Å². The second-order valence-electron chi connectivity index (χ2n) is 4.80. The SMILES string of the molecule is [2H]C([2H])([2H])N(CC(=O)[O-])C(=N)NC(=O)CCCCCCCCCO.[Na+]. The van der Waals surface area contributed by atoms with Crippen LogP contribution in [0.4, 0.5) is 0 Å². The number of amides is 1. The number of guanidine groups is 1. The molecule has 0 saturated heterocycles. The number of carbonyl (C=O) groups is 2. The molecule has 0 aliphatic heterocycles. The van der Waals surface area contributed by atoms with Crippen LogP contribution >= 0.6 is 0 Å². The van der Waals surface area contributed by atoms with E-state index in [0.717, 1.165) is 38.5 Å². The van der Waals surface area contributed by atoms with E-state index in [-0.39, 0.29) is 42.6 Å². The van der Waals surface area contributed by atoms with Gasteiger partial charge in [0.2, 0.25) is 5.91 Å². The summed E-state index contributed by atoms with van der Waals surface area (Å²) in [6.07, 6.45) is 6.38. The van der Waals surface area contributed by atoms with Crippen LogP contribution in [-0.4, -0.2) is 48.0 Å². The van der Waals surface area contributed by atoms with Gasteiger partial charge in [-0.05, 0) is 12.8 Å². The molecule has 122 valence electrons. The Balaban J connectivity index is 0. The summed E-state index contributed by atoms with van der Waals surface area (Å²) in [5.74, 6) is -2.94. The Morgan fingerprint density at radius 3 is 2.23 bits per heavy atom. The predicted octanol–water partition coefficient (Wildman–Crippen LogP) is -3.16. The van der Waals surface area contributed by atoms with Gasteiger partial charge in [0.25, 0.3) is 0 Å². The number of aliphatic hydroxyl groups excluding tert-OH is 1. The van der Waals surface area contributed by atoms with Crippen LogP contribution in [0, 0.1) is 5.41 Å². The Kier molecular flexibility index (Phi) is 12.3. The van der Waals surface area contributed by atoms with E-state index in [9.17, 15) is 14.7 Å². The second kappa shape index (κ2) is 15.3. The Bertz CT molecular complexity index is 423. The molecule has 0 saturated carbocycles. The number of hydrogen-bond acceptors (Lipinski definition) is 5. The number of nitrogens with one attached hydrogen (secondary N) is 2. The van der Waals surface area contributed by atoms with E-state index in [1.54, 1.807) is 0 Å². The molecule has 0 aliphatic rings. The third kappa shape index (κ3) is 14.3. The molecular weight excluding hydrogens is 297 g/mol. The van der Waals surface area contributed by atoms with E-state index in [2.05, 4.69) is 5.32 Å². The van der Waals surface area contributed by atoms with Gasteiger partial charge in [-0.2, -0.15) is 0 Å². The van der Waals surface area contributed by atoms with E-state index in [0.29, 0.717) is 11.3 Å². The molecule has 0 rings (SSSR count). The molecule has 22 heavy (non-hydrogen) atoms.